The van der Waals surface area contributed by atoms with Gasteiger partial charge in [0, 0.05) is 5.02 Å². The number of H-pyrrole nitrogens is 1. The van der Waals surface area contributed by atoms with Gasteiger partial charge in [-0.15, -0.1) is 0 Å². The first kappa shape index (κ1) is 16.7. The van der Waals surface area contributed by atoms with E-state index in [9.17, 15) is 4.79 Å². The van der Waals surface area contributed by atoms with E-state index in [0.717, 1.165) is 22.3 Å². The lowest BCUT2D eigenvalue weighted by atomic mass is 10.1. The maximum atomic E-state index is 12.4. The predicted octanol–water partition coefficient (Wildman–Crippen LogP) is 3.41. The van der Waals surface area contributed by atoms with Gasteiger partial charge in [0.2, 0.25) is 5.91 Å². The fourth-order valence-electron chi connectivity index (χ4n) is 2.98. The molecule has 26 heavy (non-hydrogen) atoms. The number of fused-ring (bicyclic) bond motifs is 2. The summed E-state index contributed by atoms with van der Waals surface area (Å²) in [5, 5.41) is 3.61. The number of ether oxygens (including phenoxy) is 2. The molecule has 0 saturated carbocycles. The highest BCUT2D eigenvalue weighted by Gasteiger charge is 2.16. The molecule has 0 fully saturated rings. The largest absolute Gasteiger partial charge is 0.486 e. The average Bonchev–Trinajstić information content (AvgIpc) is 3.02. The summed E-state index contributed by atoms with van der Waals surface area (Å²) in [6.07, 6.45) is 0.168. The minimum absolute atomic E-state index is 0.113. The van der Waals surface area contributed by atoms with Crippen molar-refractivity contribution in [1.29, 1.82) is 0 Å². The molecule has 0 saturated heterocycles. The molecule has 2 aromatic carbocycles. The van der Waals surface area contributed by atoms with Crippen LogP contribution in [0, 0.1) is 0 Å². The molecular formula is C19H18ClN3O3. The van der Waals surface area contributed by atoms with Crippen LogP contribution < -0.4 is 14.8 Å². The van der Waals surface area contributed by atoms with Crippen LogP contribution in [0.1, 0.15) is 24.4 Å². The van der Waals surface area contributed by atoms with Crippen LogP contribution in [0.3, 0.4) is 0 Å². The zero-order valence-electron chi connectivity index (χ0n) is 14.2. The third-order valence-corrected chi connectivity index (χ3v) is 4.50. The predicted molar refractivity (Wildman–Crippen MR) is 98.8 cm³/mol. The van der Waals surface area contributed by atoms with Crippen LogP contribution in [0.15, 0.2) is 36.4 Å². The number of imidazole rings is 1. The molecular weight excluding hydrogens is 354 g/mol. The minimum atomic E-state index is -0.155. The summed E-state index contributed by atoms with van der Waals surface area (Å²) in [4.78, 5) is 19.9. The van der Waals surface area contributed by atoms with Crippen molar-refractivity contribution in [2.75, 3.05) is 13.2 Å². The number of aromatic nitrogens is 2. The highest BCUT2D eigenvalue weighted by molar-refractivity contribution is 6.31. The van der Waals surface area contributed by atoms with Gasteiger partial charge in [-0.25, -0.2) is 4.98 Å². The zero-order chi connectivity index (χ0) is 18.1. The van der Waals surface area contributed by atoms with Crippen LogP contribution in [0.25, 0.3) is 11.0 Å². The molecule has 0 spiro atoms. The number of carbonyl (C=O) groups excluding carboxylic acids is 1. The van der Waals surface area contributed by atoms with Gasteiger partial charge in [0.25, 0.3) is 0 Å². The lowest BCUT2D eigenvalue weighted by molar-refractivity contribution is -0.121. The minimum Gasteiger partial charge on any atom is -0.486 e. The number of carbonyl (C=O) groups is 1. The van der Waals surface area contributed by atoms with Crippen molar-refractivity contribution in [1.82, 2.24) is 15.3 Å². The molecule has 1 aliphatic heterocycles. The number of amides is 1. The molecule has 2 N–H and O–H groups in total. The van der Waals surface area contributed by atoms with Crippen molar-refractivity contribution in [2.24, 2.45) is 0 Å². The second-order valence-electron chi connectivity index (χ2n) is 6.21. The Balaban J connectivity index is 1.43. The maximum Gasteiger partial charge on any atom is 0.228 e. The van der Waals surface area contributed by atoms with Gasteiger partial charge >= 0.3 is 0 Å². The van der Waals surface area contributed by atoms with Gasteiger partial charge in [0.05, 0.1) is 23.5 Å². The Bertz CT molecular complexity index is 970. The smallest absolute Gasteiger partial charge is 0.228 e. The van der Waals surface area contributed by atoms with Gasteiger partial charge in [0.1, 0.15) is 19.0 Å². The van der Waals surface area contributed by atoms with E-state index in [0.29, 0.717) is 29.8 Å². The van der Waals surface area contributed by atoms with E-state index in [1.54, 1.807) is 12.1 Å². The van der Waals surface area contributed by atoms with Crippen LogP contribution in [-0.4, -0.2) is 29.1 Å². The van der Waals surface area contributed by atoms with E-state index in [2.05, 4.69) is 15.3 Å². The standard InChI is InChI=1S/C19H18ClN3O3/c1-11(12-2-5-16-17(8-12)26-7-6-25-16)21-19(24)10-18-22-14-4-3-13(20)9-15(14)23-18/h2-5,8-9,11H,6-7,10H2,1H3,(H,21,24)(H,22,23). The highest BCUT2D eigenvalue weighted by atomic mass is 35.5. The van der Waals surface area contributed by atoms with Crippen molar-refractivity contribution < 1.29 is 14.3 Å². The lowest BCUT2D eigenvalue weighted by Crippen LogP contribution is -2.28. The Labute approximate surface area is 155 Å². The quantitative estimate of drug-likeness (QED) is 0.736. The summed E-state index contributed by atoms with van der Waals surface area (Å²) in [5.74, 6) is 1.94. The van der Waals surface area contributed by atoms with Gasteiger partial charge < -0.3 is 19.8 Å². The van der Waals surface area contributed by atoms with E-state index in [1.165, 1.54) is 0 Å². The van der Waals surface area contributed by atoms with Crippen molar-refractivity contribution >= 4 is 28.5 Å². The van der Waals surface area contributed by atoms with Crippen LogP contribution in [-0.2, 0) is 11.2 Å². The number of rotatable bonds is 4. The molecule has 1 atom stereocenters. The van der Waals surface area contributed by atoms with E-state index in [4.69, 9.17) is 21.1 Å². The molecule has 1 aromatic heterocycles. The second-order valence-corrected chi connectivity index (χ2v) is 6.65. The number of nitrogens with zero attached hydrogens (tertiary/aromatic N) is 1. The molecule has 6 nitrogen and oxygen atoms in total. The molecule has 1 amide bonds. The van der Waals surface area contributed by atoms with Crippen molar-refractivity contribution in [3.8, 4) is 11.5 Å². The van der Waals surface area contributed by atoms with Gasteiger partial charge in [0.15, 0.2) is 11.5 Å². The molecule has 4 rings (SSSR count). The van der Waals surface area contributed by atoms with Gasteiger partial charge in [-0.3, -0.25) is 4.79 Å². The molecule has 2 heterocycles. The Morgan fingerprint density at radius 1 is 1.23 bits per heavy atom. The Morgan fingerprint density at radius 3 is 2.88 bits per heavy atom. The summed E-state index contributed by atoms with van der Waals surface area (Å²) >= 11 is 5.97. The fraction of sp³-hybridized carbons (Fsp3) is 0.263. The number of hydrogen-bond acceptors (Lipinski definition) is 4. The third-order valence-electron chi connectivity index (χ3n) is 4.26. The van der Waals surface area contributed by atoms with Gasteiger partial charge in [-0.2, -0.15) is 0 Å². The highest BCUT2D eigenvalue weighted by Crippen LogP contribution is 2.32. The summed E-state index contributed by atoms with van der Waals surface area (Å²) in [6, 6.07) is 11.0. The fourth-order valence-corrected chi connectivity index (χ4v) is 3.15. The van der Waals surface area contributed by atoms with E-state index in [1.807, 2.05) is 31.2 Å². The first-order valence-corrected chi connectivity index (χ1v) is 8.79. The molecule has 1 aliphatic rings. The van der Waals surface area contributed by atoms with Crippen molar-refractivity contribution in [3.05, 3.63) is 52.8 Å². The van der Waals surface area contributed by atoms with Crippen molar-refractivity contribution in [3.63, 3.8) is 0 Å². The SMILES string of the molecule is CC(NC(=O)Cc1nc2ccc(Cl)cc2[nH]1)c1ccc2c(c1)OCCO2. The zero-order valence-corrected chi connectivity index (χ0v) is 15.0. The van der Waals surface area contributed by atoms with E-state index < -0.39 is 0 Å². The molecule has 0 bridgehead atoms. The number of nitrogens with one attached hydrogen (secondary N) is 2. The Hall–Kier alpha value is -2.73. The summed E-state index contributed by atoms with van der Waals surface area (Å²) in [5.41, 5.74) is 2.57. The number of hydrogen-bond donors (Lipinski definition) is 2. The first-order valence-electron chi connectivity index (χ1n) is 8.41. The molecule has 134 valence electrons. The summed E-state index contributed by atoms with van der Waals surface area (Å²) in [6.45, 7) is 3.02. The summed E-state index contributed by atoms with van der Waals surface area (Å²) in [7, 11) is 0. The monoisotopic (exact) mass is 371 g/mol. The summed E-state index contributed by atoms with van der Waals surface area (Å²) < 4.78 is 11.1. The molecule has 3 aromatic rings. The molecule has 7 heteroatoms. The Morgan fingerprint density at radius 2 is 2.04 bits per heavy atom. The number of halogens is 1. The third kappa shape index (κ3) is 3.46. The topological polar surface area (TPSA) is 76.2 Å². The average molecular weight is 372 g/mol. The van der Waals surface area contributed by atoms with E-state index >= 15 is 0 Å². The van der Waals surface area contributed by atoms with Crippen LogP contribution >= 0.6 is 11.6 Å². The molecule has 0 radical (unpaired) electrons. The van der Waals surface area contributed by atoms with Gasteiger partial charge in [-0.05, 0) is 42.8 Å². The Kier molecular flexibility index (Phi) is 4.42. The molecule has 0 aliphatic carbocycles. The van der Waals surface area contributed by atoms with Crippen molar-refractivity contribution in [2.45, 2.75) is 19.4 Å². The number of benzene rings is 2. The molecule has 1 unspecified atom stereocenters. The van der Waals surface area contributed by atoms with E-state index in [-0.39, 0.29) is 18.4 Å². The van der Waals surface area contributed by atoms with Crippen LogP contribution in [0.4, 0.5) is 0 Å². The maximum absolute atomic E-state index is 12.4. The first-order chi connectivity index (χ1) is 12.6. The van der Waals surface area contributed by atoms with Gasteiger partial charge in [-0.1, -0.05) is 17.7 Å². The second kappa shape index (κ2) is 6.88. The lowest BCUT2D eigenvalue weighted by Gasteiger charge is -2.21. The normalized spacial score (nSPS) is 14.2. The number of aromatic amines is 1. The van der Waals surface area contributed by atoms with Crippen LogP contribution in [0.2, 0.25) is 5.02 Å². The van der Waals surface area contributed by atoms with Crippen LogP contribution in [0.5, 0.6) is 11.5 Å².